The minimum Gasteiger partial charge on any atom is -0.488 e. The van der Waals surface area contributed by atoms with Crippen LogP contribution < -0.4 is 15.0 Å². The number of halogens is 2. The Morgan fingerprint density at radius 3 is 2.45 bits per heavy atom. The first-order valence-electron chi connectivity index (χ1n) is 15.9. The summed E-state index contributed by atoms with van der Waals surface area (Å²) in [6.45, 7) is 9.96. The minimum atomic E-state index is -1.54. The van der Waals surface area contributed by atoms with Crippen molar-refractivity contribution in [3.05, 3.63) is 94.0 Å². The summed E-state index contributed by atoms with van der Waals surface area (Å²) in [5, 5.41) is 2.30. The highest BCUT2D eigenvalue weighted by molar-refractivity contribution is 6.83. The first kappa shape index (κ1) is 32.4. The van der Waals surface area contributed by atoms with Gasteiger partial charge in [-0.1, -0.05) is 43.8 Å². The minimum absolute atomic E-state index is 0.0259. The second kappa shape index (κ2) is 13.3. The fraction of sp³-hybridized carbons (Fsp3) is 0.361. The predicted octanol–water partition coefficient (Wildman–Crippen LogP) is 4.86. The highest BCUT2D eigenvalue weighted by Crippen LogP contribution is 2.34. The number of fused-ring (bicyclic) bond motifs is 1. The molecule has 1 atom stereocenters. The van der Waals surface area contributed by atoms with E-state index >= 15 is 4.39 Å². The lowest BCUT2D eigenvalue weighted by Gasteiger charge is -2.36. The van der Waals surface area contributed by atoms with Crippen LogP contribution in [0.2, 0.25) is 19.6 Å². The van der Waals surface area contributed by atoms with E-state index in [2.05, 4.69) is 41.3 Å². The summed E-state index contributed by atoms with van der Waals surface area (Å²) >= 11 is 0. The van der Waals surface area contributed by atoms with Crippen molar-refractivity contribution in [2.45, 2.75) is 58.2 Å². The Bertz CT molecular complexity index is 1790. The first-order chi connectivity index (χ1) is 22.4. The van der Waals surface area contributed by atoms with Crippen LogP contribution in [0.3, 0.4) is 0 Å². The molecule has 2 saturated heterocycles. The number of carbonyl (C=O) groups is 3. The molecule has 47 heavy (non-hydrogen) atoms. The number of hydrogen-bond donors (Lipinski definition) is 1. The lowest BCUT2D eigenvalue weighted by atomic mass is 10.0. The Labute approximate surface area is 274 Å². The van der Waals surface area contributed by atoms with Crippen molar-refractivity contribution in [3.8, 4) is 17.2 Å². The normalized spacial score (nSPS) is 18.5. The van der Waals surface area contributed by atoms with E-state index in [-0.39, 0.29) is 49.4 Å². The molecule has 0 bridgehead atoms. The van der Waals surface area contributed by atoms with Crippen LogP contribution in [0.15, 0.2) is 54.6 Å². The van der Waals surface area contributed by atoms with Crippen molar-refractivity contribution < 1.29 is 27.9 Å². The molecule has 3 aliphatic rings. The van der Waals surface area contributed by atoms with Gasteiger partial charge < -0.3 is 14.5 Å². The van der Waals surface area contributed by atoms with Gasteiger partial charge in [0.15, 0.2) is 0 Å². The molecule has 244 valence electrons. The number of ether oxygens (including phenoxy) is 1. The summed E-state index contributed by atoms with van der Waals surface area (Å²) in [5.41, 5.74) is 6.86. The van der Waals surface area contributed by atoms with E-state index in [0.717, 1.165) is 18.7 Å². The van der Waals surface area contributed by atoms with Crippen LogP contribution >= 0.6 is 0 Å². The number of carbonyl (C=O) groups excluding carboxylic acids is 3. The second-order valence-corrected chi connectivity index (χ2v) is 18.1. The molecular weight excluding hydrogens is 619 g/mol. The summed E-state index contributed by atoms with van der Waals surface area (Å²) in [4.78, 5) is 42.8. The number of nitrogens with zero attached hydrogens (tertiary/aromatic N) is 3. The van der Waals surface area contributed by atoms with Crippen molar-refractivity contribution in [1.29, 1.82) is 0 Å². The van der Waals surface area contributed by atoms with Gasteiger partial charge in [-0.3, -0.25) is 24.6 Å². The number of rotatable bonds is 7. The van der Waals surface area contributed by atoms with E-state index < -0.39 is 20.0 Å². The SMILES string of the molecule is C[Si](C)(C)C#Cc1ccc(N2CCN(Cc3ccc(COc4cccc5c4CN([C@H]4CCC(=O)NC4=O)C5=O)c(F)c3)CC2)c(F)c1. The molecule has 3 aromatic carbocycles. The molecule has 0 unspecified atom stereocenters. The summed E-state index contributed by atoms with van der Waals surface area (Å²) in [6.07, 6.45) is 0.449. The number of anilines is 1. The highest BCUT2D eigenvalue weighted by Gasteiger charge is 2.40. The second-order valence-electron chi connectivity index (χ2n) is 13.3. The van der Waals surface area contributed by atoms with E-state index in [9.17, 15) is 18.8 Å². The largest absolute Gasteiger partial charge is 0.488 e. The molecule has 0 radical (unpaired) electrons. The van der Waals surface area contributed by atoms with Gasteiger partial charge in [-0.05, 0) is 48.4 Å². The van der Waals surface area contributed by atoms with Gasteiger partial charge in [0.05, 0.1) is 12.2 Å². The van der Waals surface area contributed by atoms with E-state index in [0.29, 0.717) is 53.3 Å². The molecule has 11 heteroatoms. The van der Waals surface area contributed by atoms with E-state index in [1.807, 2.05) is 23.1 Å². The van der Waals surface area contributed by atoms with Crippen molar-refractivity contribution in [1.82, 2.24) is 15.1 Å². The third kappa shape index (κ3) is 7.39. The predicted molar refractivity (Wildman–Crippen MR) is 177 cm³/mol. The number of piperazine rings is 1. The van der Waals surface area contributed by atoms with E-state index in [1.54, 1.807) is 24.3 Å². The maximum Gasteiger partial charge on any atom is 0.255 e. The molecule has 1 N–H and O–H groups in total. The summed E-state index contributed by atoms with van der Waals surface area (Å²) in [6, 6.07) is 14.7. The molecule has 3 aliphatic heterocycles. The third-order valence-corrected chi connectivity index (χ3v) is 9.56. The van der Waals surface area contributed by atoms with Crippen LogP contribution in [-0.2, 0) is 29.3 Å². The quantitative estimate of drug-likeness (QED) is 0.223. The molecular formula is C36H38F2N4O4Si. The maximum atomic E-state index is 15.2. The van der Waals surface area contributed by atoms with Crippen LogP contribution in [-0.4, -0.2) is 67.8 Å². The Kier molecular flexibility index (Phi) is 9.17. The summed E-state index contributed by atoms with van der Waals surface area (Å²) < 4.78 is 36.2. The average Bonchev–Trinajstić information content (AvgIpc) is 3.36. The molecule has 3 aromatic rings. The van der Waals surface area contributed by atoms with Crippen molar-refractivity contribution in [3.63, 3.8) is 0 Å². The van der Waals surface area contributed by atoms with Crippen molar-refractivity contribution >= 4 is 31.5 Å². The number of benzene rings is 3. The zero-order valence-electron chi connectivity index (χ0n) is 26.9. The summed E-state index contributed by atoms with van der Waals surface area (Å²) in [7, 11) is -1.54. The Balaban J connectivity index is 1.03. The van der Waals surface area contributed by atoms with Crippen molar-refractivity contribution in [2.75, 3.05) is 31.1 Å². The van der Waals surface area contributed by atoms with Crippen LogP contribution in [0, 0.1) is 23.1 Å². The zero-order valence-corrected chi connectivity index (χ0v) is 27.9. The van der Waals surface area contributed by atoms with Gasteiger partial charge in [0.25, 0.3) is 5.91 Å². The van der Waals surface area contributed by atoms with Crippen LogP contribution in [0.25, 0.3) is 0 Å². The van der Waals surface area contributed by atoms with Gasteiger partial charge in [-0.15, -0.1) is 5.54 Å². The van der Waals surface area contributed by atoms with Crippen LogP contribution in [0.5, 0.6) is 5.75 Å². The molecule has 6 rings (SSSR count). The van der Waals surface area contributed by atoms with E-state index in [4.69, 9.17) is 4.74 Å². The third-order valence-electron chi connectivity index (χ3n) is 8.69. The molecule has 8 nitrogen and oxygen atoms in total. The smallest absolute Gasteiger partial charge is 0.255 e. The number of hydrogen-bond acceptors (Lipinski definition) is 6. The molecule has 2 fully saturated rings. The molecule has 3 heterocycles. The zero-order chi connectivity index (χ0) is 33.3. The Morgan fingerprint density at radius 2 is 1.74 bits per heavy atom. The maximum absolute atomic E-state index is 15.2. The number of piperidine rings is 1. The van der Waals surface area contributed by atoms with E-state index in [1.165, 1.54) is 17.0 Å². The standard InChI is InChI=1S/C36H38F2N4O4Si/c1-47(2,3)18-13-24-8-10-31(30(38)19-24)41-16-14-40(15-17-41)21-25-7-9-26(29(37)20-25)23-46-33-6-4-5-27-28(33)22-42(36(27)45)32-11-12-34(43)39-35(32)44/h4-10,19-20,32H,11-12,14-17,21-23H2,1-3H3,(H,39,43,44)/t32-/m0/s1. The van der Waals surface area contributed by atoms with Gasteiger partial charge in [-0.25, -0.2) is 8.78 Å². The average molecular weight is 657 g/mol. The van der Waals surface area contributed by atoms with Gasteiger partial charge in [0.1, 0.15) is 38.1 Å². The van der Waals surface area contributed by atoms with Gasteiger partial charge in [0, 0.05) is 61.4 Å². The molecule has 0 aromatic heterocycles. The molecule has 0 aliphatic carbocycles. The monoisotopic (exact) mass is 656 g/mol. The molecule has 0 spiro atoms. The van der Waals surface area contributed by atoms with Crippen molar-refractivity contribution in [2.24, 2.45) is 0 Å². The van der Waals surface area contributed by atoms with Gasteiger partial charge in [0.2, 0.25) is 11.8 Å². The van der Waals surface area contributed by atoms with Crippen LogP contribution in [0.4, 0.5) is 14.5 Å². The lowest BCUT2D eigenvalue weighted by Crippen LogP contribution is -2.52. The van der Waals surface area contributed by atoms with Crippen LogP contribution in [0.1, 0.15) is 45.5 Å². The number of amides is 3. The first-order valence-corrected chi connectivity index (χ1v) is 19.4. The topological polar surface area (TPSA) is 82.2 Å². The summed E-state index contributed by atoms with van der Waals surface area (Å²) in [5.74, 6) is 1.82. The Morgan fingerprint density at radius 1 is 0.957 bits per heavy atom. The Hall–Kier alpha value is -4.53. The highest BCUT2D eigenvalue weighted by atomic mass is 28.3. The molecule has 0 saturated carbocycles. The number of nitrogens with one attached hydrogen (secondary N) is 1. The fourth-order valence-electron chi connectivity index (χ4n) is 6.16. The molecule has 3 amide bonds. The van der Waals surface area contributed by atoms with Gasteiger partial charge >= 0.3 is 0 Å². The fourth-order valence-corrected chi connectivity index (χ4v) is 6.68. The van der Waals surface area contributed by atoms with Gasteiger partial charge in [-0.2, -0.15) is 0 Å². The lowest BCUT2D eigenvalue weighted by molar-refractivity contribution is -0.136. The number of imide groups is 1.